The fourth-order valence-electron chi connectivity index (χ4n) is 1.49. The van der Waals surface area contributed by atoms with Crippen molar-refractivity contribution in [2.24, 2.45) is 5.92 Å². The van der Waals surface area contributed by atoms with Crippen LogP contribution in [0.25, 0.3) is 0 Å². The lowest BCUT2D eigenvalue weighted by atomic mass is 10.0. The molecule has 0 amide bonds. The molecule has 0 radical (unpaired) electrons. The Kier molecular flexibility index (Phi) is 4.53. The summed E-state index contributed by atoms with van der Waals surface area (Å²) in [5.74, 6) is -1.21. The van der Waals surface area contributed by atoms with Crippen LogP contribution in [0.2, 0.25) is 0 Å². The molecule has 0 spiro atoms. The summed E-state index contributed by atoms with van der Waals surface area (Å²) in [7, 11) is 5.21. The molecule has 0 aliphatic heterocycles. The van der Waals surface area contributed by atoms with Crippen molar-refractivity contribution in [2.75, 3.05) is 26.1 Å². The van der Waals surface area contributed by atoms with Crippen LogP contribution >= 0.6 is 0 Å². The second-order valence-corrected chi connectivity index (χ2v) is 3.97. The van der Waals surface area contributed by atoms with Gasteiger partial charge in [-0.1, -0.05) is 12.1 Å². The van der Waals surface area contributed by atoms with Crippen LogP contribution in [0.4, 0.5) is 5.69 Å². The van der Waals surface area contributed by atoms with Gasteiger partial charge in [-0.2, -0.15) is 5.26 Å². The maximum Gasteiger partial charge on any atom is 0.323 e. The highest BCUT2D eigenvalue weighted by atomic mass is 16.5. The number of ether oxygens (including phenoxy) is 1. The van der Waals surface area contributed by atoms with Crippen molar-refractivity contribution in [1.29, 1.82) is 5.26 Å². The maximum atomic E-state index is 11.3. The number of carbonyl (C=O) groups excluding carboxylic acids is 1. The Morgan fingerprint density at radius 3 is 2.41 bits per heavy atom. The van der Waals surface area contributed by atoms with E-state index in [1.807, 2.05) is 49.3 Å². The Morgan fingerprint density at radius 2 is 2.00 bits per heavy atom. The lowest BCUT2D eigenvalue weighted by molar-refractivity contribution is -0.143. The molecule has 0 heterocycles. The third-order valence-electron chi connectivity index (χ3n) is 2.53. The van der Waals surface area contributed by atoms with Gasteiger partial charge in [0.2, 0.25) is 0 Å². The van der Waals surface area contributed by atoms with Gasteiger partial charge in [-0.3, -0.25) is 4.79 Å². The molecular formula is C13H16N2O2. The highest BCUT2D eigenvalue weighted by Gasteiger charge is 2.18. The number of anilines is 1. The zero-order valence-corrected chi connectivity index (χ0v) is 10.3. The third kappa shape index (κ3) is 3.49. The molecule has 0 N–H and O–H groups in total. The van der Waals surface area contributed by atoms with Gasteiger partial charge in [0, 0.05) is 19.8 Å². The largest absolute Gasteiger partial charge is 0.468 e. The molecule has 17 heavy (non-hydrogen) atoms. The van der Waals surface area contributed by atoms with E-state index in [1.165, 1.54) is 7.11 Å². The second kappa shape index (κ2) is 5.90. The highest BCUT2D eigenvalue weighted by molar-refractivity contribution is 5.75. The average molecular weight is 232 g/mol. The fraction of sp³-hybridized carbons (Fsp3) is 0.385. The highest BCUT2D eigenvalue weighted by Crippen LogP contribution is 2.15. The number of esters is 1. The summed E-state index contributed by atoms with van der Waals surface area (Å²) >= 11 is 0. The van der Waals surface area contributed by atoms with Crippen molar-refractivity contribution >= 4 is 11.7 Å². The van der Waals surface area contributed by atoms with Gasteiger partial charge >= 0.3 is 5.97 Å². The molecule has 1 rings (SSSR count). The normalized spacial score (nSPS) is 11.4. The quantitative estimate of drug-likeness (QED) is 0.740. The molecule has 0 aliphatic carbocycles. The molecule has 1 unspecified atom stereocenters. The standard InChI is InChI=1S/C13H16N2O2/c1-15(2)12-6-4-10(5-7-12)8-11(9-14)13(16)17-3/h4-7,11H,8H2,1-3H3. The summed E-state index contributed by atoms with van der Waals surface area (Å²) in [6, 6.07) is 9.71. The first-order valence-electron chi connectivity index (χ1n) is 5.32. The van der Waals surface area contributed by atoms with Gasteiger partial charge in [0.05, 0.1) is 13.2 Å². The average Bonchev–Trinajstić information content (AvgIpc) is 2.35. The summed E-state index contributed by atoms with van der Waals surface area (Å²) in [6.45, 7) is 0. The van der Waals surface area contributed by atoms with E-state index >= 15 is 0 Å². The lowest BCUT2D eigenvalue weighted by Gasteiger charge is -2.13. The molecule has 0 saturated carbocycles. The van der Waals surface area contributed by atoms with E-state index in [-0.39, 0.29) is 0 Å². The molecule has 90 valence electrons. The van der Waals surface area contributed by atoms with Gasteiger partial charge in [-0.05, 0) is 24.1 Å². The van der Waals surface area contributed by atoms with Gasteiger partial charge in [0.25, 0.3) is 0 Å². The summed E-state index contributed by atoms with van der Waals surface area (Å²) in [5.41, 5.74) is 2.04. The van der Waals surface area contributed by atoms with Crippen LogP contribution in [0.5, 0.6) is 0 Å². The zero-order valence-electron chi connectivity index (χ0n) is 10.3. The van der Waals surface area contributed by atoms with Gasteiger partial charge in [0.1, 0.15) is 5.92 Å². The predicted octanol–water partition coefficient (Wildman–Crippen LogP) is 1.61. The van der Waals surface area contributed by atoms with Crippen molar-refractivity contribution < 1.29 is 9.53 Å². The van der Waals surface area contributed by atoms with Crippen LogP contribution in [0, 0.1) is 17.2 Å². The molecule has 4 heteroatoms. The topological polar surface area (TPSA) is 53.3 Å². The van der Waals surface area contributed by atoms with Crippen molar-refractivity contribution in [2.45, 2.75) is 6.42 Å². The molecule has 1 aromatic rings. The lowest BCUT2D eigenvalue weighted by Crippen LogP contribution is -2.17. The Balaban J connectivity index is 2.75. The molecular weight excluding hydrogens is 216 g/mol. The summed E-state index contributed by atoms with van der Waals surface area (Å²) in [4.78, 5) is 13.3. The van der Waals surface area contributed by atoms with Crippen LogP contribution in [0.3, 0.4) is 0 Å². The van der Waals surface area contributed by atoms with Gasteiger partial charge < -0.3 is 9.64 Å². The van der Waals surface area contributed by atoms with E-state index in [9.17, 15) is 4.79 Å². The number of carbonyl (C=O) groups is 1. The molecule has 0 aromatic heterocycles. The molecule has 0 saturated heterocycles. The predicted molar refractivity (Wildman–Crippen MR) is 65.6 cm³/mol. The van der Waals surface area contributed by atoms with E-state index in [0.717, 1.165) is 11.3 Å². The minimum atomic E-state index is -0.731. The van der Waals surface area contributed by atoms with Crippen LogP contribution < -0.4 is 4.90 Å². The van der Waals surface area contributed by atoms with Crippen molar-refractivity contribution in [3.05, 3.63) is 29.8 Å². The van der Waals surface area contributed by atoms with Crippen molar-refractivity contribution in [1.82, 2.24) is 0 Å². The minimum Gasteiger partial charge on any atom is -0.468 e. The number of rotatable bonds is 4. The first-order chi connectivity index (χ1) is 8.08. The SMILES string of the molecule is COC(=O)C(C#N)Cc1ccc(N(C)C)cc1. The van der Waals surface area contributed by atoms with E-state index in [1.54, 1.807) is 0 Å². The number of methoxy groups -OCH3 is 1. The van der Waals surface area contributed by atoms with E-state index in [0.29, 0.717) is 6.42 Å². The van der Waals surface area contributed by atoms with Gasteiger partial charge in [-0.25, -0.2) is 0 Å². The molecule has 1 atom stereocenters. The van der Waals surface area contributed by atoms with Crippen molar-refractivity contribution in [3.63, 3.8) is 0 Å². The van der Waals surface area contributed by atoms with Crippen LogP contribution in [0.1, 0.15) is 5.56 Å². The number of benzene rings is 1. The Hall–Kier alpha value is -2.02. The second-order valence-electron chi connectivity index (χ2n) is 3.97. The first-order valence-corrected chi connectivity index (χ1v) is 5.32. The molecule has 0 bridgehead atoms. The summed E-state index contributed by atoms with van der Waals surface area (Å²) in [6.07, 6.45) is 0.386. The molecule has 0 aliphatic rings. The van der Waals surface area contributed by atoms with Crippen LogP contribution in [0.15, 0.2) is 24.3 Å². The monoisotopic (exact) mass is 232 g/mol. The third-order valence-corrected chi connectivity index (χ3v) is 2.53. The Labute approximate surface area is 101 Å². The molecule has 1 aromatic carbocycles. The van der Waals surface area contributed by atoms with Crippen molar-refractivity contribution in [3.8, 4) is 6.07 Å². The Bertz CT molecular complexity index is 418. The van der Waals surface area contributed by atoms with Gasteiger partial charge in [-0.15, -0.1) is 0 Å². The molecule has 4 nitrogen and oxygen atoms in total. The summed E-state index contributed by atoms with van der Waals surface area (Å²) in [5, 5.41) is 8.87. The smallest absolute Gasteiger partial charge is 0.323 e. The van der Waals surface area contributed by atoms with Crippen LogP contribution in [-0.4, -0.2) is 27.2 Å². The number of nitrogens with zero attached hydrogens (tertiary/aromatic N) is 2. The van der Waals surface area contributed by atoms with E-state index < -0.39 is 11.9 Å². The first kappa shape index (κ1) is 13.0. The molecule has 0 fully saturated rings. The van der Waals surface area contributed by atoms with Crippen LogP contribution in [-0.2, 0) is 16.0 Å². The number of nitriles is 1. The summed E-state index contributed by atoms with van der Waals surface area (Å²) < 4.78 is 4.57. The number of hydrogen-bond donors (Lipinski definition) is 0. The number of hydrogen-bond acceptors (Lipinski definition) is 4. The Morgan fingerprint density at radius 1 is 1.41 bits per heavy atom. The van der Waals surface area contributed by atoms with Gasteiger partial charge in [0.15, 0.2) is 0 Å². The van der Waals surface area contributed by atoms with E-state index in [2.05, 4.69) is 4.74 Å². The zero-order chi connectivity index (χ0) is 12.8. The minimum absolute atomic E-state index is 0.386. The maximum absolute atomic E-state index is 11.3. The fourth-order valence-corrected chi connectivity index (χ4v) is 1.49. The van der Waals surface area contributed by atoms with E-state index in [4.69, 9.17) is 5.26 Å².